The van der Waals surface area contributed by atoms with Crippen LogP contribution in [0.5, 0.6) is 0 Å². The van der Waals surface area contributed by atoms with Gasteiger partial charge in [-0.3, -0.25) is 4.79 Å². The lowest BCUT2D eigenvalue weighted by molar-refractivity contribution is -0.146. The van der Waals surface area contributed by atoms with Crippen molar-refractivity contribution in [2.75, 3.05) is 11.9 Å². The van der Waals surface area contributed by atoms with Crippen LogP contribution in [0, 0.1) is 0 Å². The third-order valence-corrected chi connectivity index (χ3v) is 2.64. The lowest BCUT2D eigenvalue weighted by Crippen LogP contribution is -2.43. The van der Waals surface area contributed by atoms with Crippen LogP contribution in [0.15, 0.2) is 24.3 Å². The standard InChI is InChI=1S/C14H20N2O3/c1-4-19-14(18)12(15)13(17)16-11-7-5-6-10(8-11)9(2)3/h5-9,12H,4,15H2,1-3H3,(H,16,17). The van der Waals surface area contributed by atoms with Gasteiger partial charge in [-0.25, -0.2) is 4.79 Å². The van der Waals surface area contributed by atoms with Crippen LogP contribution in [0.25, 0.3) is 0 Å². The number of hydrogen-bond donors (Lipinski definition) is 2. The molecule has 0 bridgehead atoms. The molecule has 0 heterocycles. The van der Waals surface area contributed by atoms with E-state index in [1.807, 2.05) is 18.2 Å². The summed E-state index contributed by atoms with van der Waals surface area (Å²) in [7, 11) is 0. The molecule has 1 rings (SSSR count). The molecule has 1 unspecified atom stereocenters. The van der Waals surface area contributed by atoms with Crippen LogP contribution in [0.4, 0.5) is 5.69 Å². The van der Waals surface area contributed by atoms with Gasteiger partial charge in [0.15, 0.2) is 6.04 Å². The number of amides is 1. The van der Waals surface area contributed by atoms with E-state index in [1.165, 1.54) is 0 Å². The van der Waals surface area contributed by atoms with E-state index < -0.39 is 17.9 Å². The molecule has 1 aromatic rings. The quantitative estimate of drug-likeness (QED) is 0.625. The zero-order valence-corrected chi connectivity index (χ0v) is 11.5. The number of ether oxygens (including phenoxy) is 1. The Morgan fingerprint density at radius 2 is 2.05 bits per heavy atom. The summed E-state index contributed by atoms with van der Waals surface area (Å²) < 4.78 is 4.70. The first-order chi connectivity index (χ1) is 8.95. The second kappa shape index (κ2) is 6.89. The molecule has 0 spiro atoms. The highest BCUT2D eigenvalue weighted by molar-refractivity contribution is 6.08. The minimum Gasteiger partial charge on any atom is -0.464 e. The minimum absolute atomic E-state index is 0.197. The van der Waals surface area contributed by atoms with Crippen molar-refractivity contribution >= 4 is 17.6 Å². The molecule has 3 N–H and O–H groups in total. The fourth-order valence-electron chi connectivity index (χ4n) is 1.53. The Hall–Kier alpha value is -1.88. The zero-order chi connectivity index (χ0) is 14.4. The molecule has 5 nitrogen and oxygen atoms in total. The smallest absolute Gasteiger partial charge is 0.332 e. The number of carbonyl (C=O) groups excluding carboxylic acids is 2. The van der Waals surface area contributed by atoms with E-state index in [2.05, 4.69) is 19.2 Å². The van der Waals surface area contributed by atoms with Crippen LogP contribution in [-0.4, -0.2) is 24.5 Å². The monoisotopic (exact) mass is 264 g/mol. The maximum Gasteiger partial charge on any atom is 0.332 e. The molecular formula is C14H20N2O3. The van der Waals surface area contributed by atoms with Gasteiger partial charge in [-0.15, -0.1) is 0 Å². The maximum absolute atomic E-state index is 11.8. The average Bonchev–Trinajstić information content (AvgIpc) is 2.38. The maximum atomic E-state index is 11.8. The molecule has 1 atom stereocenters. The summed E-state index contributed by atoms with van der Waals surface area (Å²) >= 11 is 0. The Bertz CT molecular complexity index is 458. The van der Waals surface area contributed by atoms with Crippen molar-refractivity contribution in [3.05, 3.63) is 29.8 Å². The lowest BCUT2D eigenvalue weighted by atomic mass is 10.0. The third-order valence-electron chi connectivity index (χ3n) is 2.64. The van der Waals surface area contributed by atoms with Crippen molar-refractivity contribution in [1.82, 2.24) is 0 Å². The summed E-state index contributed by atoms with van der Waals surface area (Å²) in [5.74, 6) is -0.935. The summed E-state index contributed by atoms with van der Waals surface area (Å²) in [5.41, 5.74) is 7.23. The second-order valence-corrected chi connectivity index (χ2v) is 4.50. The topological polar surface area (TPSA) is 81.4 Å². The van der Waals surface area contributed by atoms with Crippen molar-refractivity contribution in [3.63, 3.8) is 0 Å². The molecule has 5 heteroatoms. The molecule has 0 aliphatic carbocycles. The highest BCUT2D eigenvalue weighted by Gasteiger charge is 2.23. The largest absolute Gasteiger partial charge is 0.464 e. The summed E-state index contributed by atoms with van der Waals surface area (Å²) in [6.07, 6.45) is 0. The first-order valence-electron chi connectivity index (χ1n) is 6.28. The molecule has 0 aromatic heterocycles. The van der Waals surface area contributed by atoms with Crippen molar-refractivity contribution in [2.24, 2.45) is 5.73 Å². The minimum atomic E-state index is -1.30. The fraction of sp³-hybridized carbons (Fsp3) is 0.429. The molecule has 0 fully saturated rings. The number of hydrogen-bond acceptors (Lipinski definition) is 4. The molecule has 0 radical (unpaired) electrons. The normalized spacial score (nSPS) is 12.1. The number of anilines is 1. The first kappa shape index (κ1) is 15.2. The van der Waals surface area contributed by atoms with Crippen LogP contribution >= 0.6 is 0 Å². The second-order valence-electron chi connectivity index (χ2n) is 4.50. The van der Waals surface area contributed by atoms with E-state index >= 15 is 0 Å². The molecule has 104 valence electrons. The highest BCUT2D eigenvalue weighted by atomic mass is 16.5. The van der Waals surface area contributed by atoms with E-state index in [0.717, 1.165) is 5.56 Å². The van der Waals surface area contributed by atoms with Gasteiger partial charge in [0.05, 0.1) is 6.61 Å². The van der Waals surface area contributed by atoms with Crippen molar-refractivity contribution in [1.29, 1.82) is 0 Å². The van der Waals surface area contributed by atoms with Crippen molar-refractivity contribution in [2.45, 2.75) is 32.7 Å². The Morgan fingerprint density at radius 1 is 1.37 bits per heavy atom. The van der Waals surface area contributed by atoms with Crippen LogP contribution in [0.3, 0.4) is 0 Å². The molecule has 1 amide bonds. The molecule has 19 heavy (non-hydrogen) atoms. The number of benzene rings is 1. The fourth-order valence-corrected chi connectivity index (χ4v) is 1.53. The average molecular weight is 264 g/mol. The number of esters is 1. The van der Waals surface area contributed by atoms with E-state index in [4.69, 9.17) is 10.5 Å². The van der Waals surface area contributed by atoms with E-state index in [-0.39, 0.29) is 6.61 Å². The Morgan fingerprint density at radius 3 is 2.63 bits per heavy atom. The molecular weight excluding hydrogens is 244 g/mol. The predicted molar refractivity (Wildman–Crippen MR) is 73.8 cm³/mol. The molecule has 1 aromatic carbocycles. The summed E-state index contributed by atoms with van der Waals surface area (Å²) in [6, 6.07) is 6.14. The highest BCUT2D eigenvalue weighted by Crippen LogP contribution is 2.18. The summed E-state index contributed by atoms with van der Waals surface area (Å²) in [5, 5.41) is 2.61. The van der Waals surface area contributed by atoms with Crippen LogP contribution in [-0.2, 0) is 14.3 Å². The number of nitrogens with one attached hydrogen (secondary N) is 1. The van der Waals surface area contributed by atoms with E-state index in [9.17, 15) is 9.59 Å². The van der Waals surface area contributed by atoms with Crippen molar-refractivity contribution in [3.8, 4) is 0 Å². The Balaban J connectivity index is 2.71. The van der Waals surface area contributed by atoms with Crippen LogP contribution < -0.4 is 11.1 Å². The molecule has 0 aliphatic heterocycles. The SMILES string of the molecule is CCOC(=O)C(N)C(=O)Nc1cccc(C(C)C)c1. The molecule has 0 saturated heterocycles. The number of rotatable bonds is 5. The summed E-state index contributed by atoms with van der Waals surface area (Å²) in [6.45, 7) is 5.98. The van der Waals surface area contributed by atoms with E-state index in [1.54, 1.807) is 13.0 Å². The van der Waals surface area contributed by atoms with Gasteiger partial charge >= 0.3 is 5.97 Å². The summed E-state index contributed by atoms with van der Waals surface area (Å²) in [4.78, 5) is 23.1. The third kappa shape index (κ3) is 4.37. The first-order valence-corrected chi connectivity index (χ1v) is 6.28. The Labute approximate surface area is 113 Å². The molecule has 0 aliphatic rings. The predicted octanol–water partition coefficient (Wildman–Crippen LogP) is 1.64. The number of carbonyl (C=O) groups is 2. The van der Waals surface area contributed by atoms with Gasteiger partial charge in [0.2, 0.25) is 0 Å². The van der Waals surface area contributed by atoms with Crippen molar-refractivity contribution < 1.29 is 14.3 Å². The lowest BCUT2D eigenvalue weighted by Gasteiger charge is -2.12. The van der Waals surface area contributed by atoms with E-state index in [0.29, 0.717) is 11.6 Å². The van der Waals surface area contributed by atoms with Gasteiger partial charge in [-0.2, -0.15) is 0 Å². The van der Waals surface area contributed by atoms with Gasteiger partial charge in [-0.1, -0.05) is 26.0 Å². The van der Waals surface area contributed by atoms with Gasteiger partial charge in [0, 0.05) is 5.69 Å². The Kier molecular flexibility index (Phi) is 5.51. The zero-order valence-electron chi connectivity index (χ0n) is 11.5. The van der Waals surface area contributed by atoms with Crippen LogP contribution in [0.1, 0.15) is 32.3 Å². The number of nitrogens with two attached hydrogens (primary N) is 1. The van der Waals surface area contributed by atoms with Gasteiger partial charge in [0.25, 0.3) is 5.91 Å². The van der Waals surface area contributed by atoms with Crippen LogP contribution in [0.2, 0.25) is 0 Å². The molecule has 0 saturated carbocycles. The van der Waals surface area contributed by atoms with Gasteiger partial charge in [0.1, 0.15) is 0 Å². The van der Waals surface area contributed by atoms with Gasteiger partial charge < -0.3 is 15.8 Å². The van der Waals surface area contributed by atoms with Gasteiger partial charge in [-0.05, 0) is 30.5 Å².